The molecule has 0 radical (unpaired) electrons. The highest BCUT2D eigenvalue weighted by molar-refractivity contribution is 8.14. The maximum atomic E-state index is 4.81. The summed E-state index contributed by atoms with van der Waals surface area (Å²) in [6.07, 6.45) is 7.31. The molecule has 3 nitrogen and oxygen atoms in total. The third-order valence-corrected chi connectivity index (χ3v) is 5.89. The fraction of sp³-hybridized carbons (Fsp3) is 0.412. The number of rotatable bonds is 1. The number of thioether (sulfide) groups is 1. The molecular weight excluding hydrogens is 278 g/mol. The minimum absolute atomic E-state index is 0.496. The third kappa shape index (κ3) is 2.53. The second kappa shape index (κ2) is 5.34. The molecule has 0 unspecified atom stereocenters. The molecule has 21 heavy (non-hydrogen) atoms. The first kappa shape index (κ1) is 13.1. The van der Waals surface area contributed by atoms with Crippen LogP contribution in [0.5, 0.6) is 0 Å². The predicted octanol–water partition coefficient (Wildman–Crippen LogP) is 4.31. The second-order valence-electron chi connectivity index (χ2n) is 6.12. The fourth-order valence-corrected chi connectivity index (χ4v) is 4.54. The van der Waals surface area contributed by atoms with Crippen LogP contribution < -0.4 is 5.32 Å². The zero-order valence-electron chi connectivity index (χ0n) is 12.0. The van der Waals surface area contributed by atoms with E-state index in [0.29, 0.717) is 5.41 Å². The number of anilines is 1. The van der Waals surface area contributed by atoms with Crippen molar-refractivity contribution in [3.63, 3.8) is 0 Å². The molecule has 2 aromatic rings. The van der Waals surface area contributed by atoms with E-state index in [-0.39, 0.29) is 0 Å². The fourth-order valence-electron chi connectivity index (χ4n) is 3.38. The Morgan fingerprint density at radius 3 is 2.81 bits per heavy atom. The van der Waals surface area contributed by atoms with Crippen LogP contribution in [0.1, 0.15) is 25.7 Å². The van der Waals surface area contributed by atoms with Gasteiger partial charge in [-0.1, -0.05) is 30.7 Å². The number of fused-ring (bicyclic) bond motifs is 1. The minimum atomic E-state index is 0.496. The number of aromatic nitrogens is 1. The zero-order chi connectivity index (χ0) is 14.1. The number of hydrogen-bond donors (Lipinski definition) is 1. The van der Waals surface area contributed by atoms with Crippen LogP contribution in [0.15, 0.2) is 41.5 Å². The molecular formula is C17H19N3S. The van der Waals surface area contributed by atoms with Crippen LogP contribution in [0.25, 0.3) is 10.9 Å². The molecule has 1 spiro atoms. The van der Waals surface area contributed by atoms with Crippen LogP contribution in [0, 0.1) is 5.41 Å². The van der Waals surface area contributed by atoms with Gasteiger partial charge in [-0.05, 0) is 42.5 Å². The van der Waals surface area contributed by atoms with Gasteiger partial charge in [0.1, 0.15) is 0 Å². The van der Waals surface area contributed by atoms with Crippen molar-refractivity contribution in [2.75, 3.05) is 17.6 Å². The van der Waals surface area contributed by atoms with Gasteiger partial charge in [-0.15, -0.1) is 0 Å². The van der Waals surface area contributed by atoms with Crippen LogP contribution in [-0.2, 0) is 0 Å². The Balaban J connectivity index is 1.57. The lowest BCUT2D eigenvalue weighted by Crippen LogP contribution is -2.30. The summed E-state index contributed by atoms with van der Waals surface area (Å²) in [7, 11) is 0. The number of nitrogens with one attached hydrogen (secondary N) is 1. The van der Waals surface area contributed by atoms with Crippen LogP contribution in [0.4, 0.5) is 5.69 Å². The lowest BCUT2D eigenvalue weighted by atomic mass is 9.89. The molecule has 4 rings (SSSR count). The molecule has 1 N–H and O–H groups in total. The summed E-state index contributed by atoms with van der Waals surface area (Å²) in [4.78, 5) is 9.22. The standard InChI is InChI=1S/C17H19N3S/c1-2-9-17(8-1)11-19-16(21-12-17)20-15-7-3-6-14-13(15)5-4-10-18-14/h3-7,10H,1-2,8-9,11-12H2,(H,19,20). The van der Waals surface area contributed by atoms with Gasteiger partial charge in [-0.3, -0.25) is 9.98 Å². The van der Waals surface area contributed by atoms with Crippen molar-refractivity contribution in [1.29, 1.82) is 0 Å². The summed E-state index contributed by atoms with van der Waals surface area (Å²) in [5, 5.41) is 5.72. The van der Waals surface area contributed by atoms with Crippen molar-refractivity contribution in [2.45, 2.75) is 25.7 Å². The second-order valence-corrected chi connectivity index (χ2v) is 7.08. The number of aliphatic imine (C=N–C) groups is 1. The van der Waals surface area contributed by atoms with E-state index in [1.807, 2.05) is 36.2 Å². The Labute approximate surface area is 129 Å². The number of hydrogen-bond acceptors (Lipinski definition) is 4. The average molecular weight is 297 g/mol. The molecule has 1 aromatic heterocycles. The van der Waals surface area contributed by atoms with Gasteiger partial charge in [0.05, 0.1) is 5.52 Å². The first-order valence-electron chi connectivity index (χ1n) is 7.63. The van der Waals surface area contributed by atoms with Gasteiger partial charge in [-0.25, -0.2) is 0 Å². The Bertz CT molecular complexity index is 684. The molecule has 0 bridgehead atoms. The summed E-state index contributed by atoms with van der Waals surface area (Å²) in [5.74, 6) is 1.21. The molecule has 108 valence electrons. The highest BCUT2D eigenvalue weighted by Gasteiger charge is 2.36. The Morgan fingerprint density at radius 1 is 1.10 bits per heavy atom. The first-order valence-corrected chi connectivity index (χ1v) is 8.61. The molecule has 4 heteroatoms. The van der Waals surface area contributed by atoms with E-state index in [1.54, 1.807) is 0 Å². The molecule has 1 aliphatic carbocycles. The van der Waals surface area contributed by atoms with Crippen molar-refractivity contribution >= 4 is 33.5 Å². The maximum absolute atomic E-state index is 4.81. The first-order chi connectivity index (χ1) is 10.3. The van der Waals surface area contributed by atoms with Gasteiger partial charge >= 0.3 is 0 Å². The number of nitrogens with zero attached hydrogens (tertiary/aromatic N) is 2. The van der Waals surface area contributed by atoms with Crippen molar-refractivity contribution in [3.05, 3.63) is 36.5 Å². The van der Waals surface area contributed by atoms with Crippen molar-refractivity contribution in [3.8, 4) is 0 Å². The monoisotopic (exact) mass is 297 g/mol. The molecule has 2 aliphatic rings. The van der Waals surface area contributed by atoms with E-state index >= 15 is 0 Å². The zero-order valence-corrected chi connectivity index (χ0v) is 12.8. The Hall–Kier alpha value is -1.55. The van der Waals surface area contributed by atoms with Gasteiger partial charge < -0.3 is 5.32 Å². The van der Waals surface area contributed by atoms with Gasteiger partial charge in [0.25, 0.3) is 0 Å². The van der Waals surface area contributed by atoms with Crippen LogP contribution in [0.3, 0.4) is 0 Å². The summed E-state index contributed by atoms with van der Waals surface area (Å²) in [5.41, 5.74) is 2.63. The van der Waals surface area contributed by atoms with E-state index in [4.69, 9.17) is 4.99 Å². The van der Waals surface area contributed by atoms with Gasteiger partial charge in [0.15, 0.2) is 5.17 Å². The summed E-state index contributed by atoms with van der Waals surface area (Å²) in [6.45, 7) is 0.991. The number of pyridine rings is 1. The lowest BCUT2D eigenvalue weighted by Gasteiger charge is -2.31. The molecule has 0 amide bonds. The quantitative estimate of drug-likeness (QED) is 0.852. The molecule has 2 heterocycles. The molecule has 0 atom stereocenters. The van der Waals surface area contributed by atoms with Gasteiger partial charge in [0, 0.05) is 29.6 Å². The van der Waals surface area contributed by atoms with Crippen molar-refractivity contribution in [2.24, 2.45) is 10.4 Å². The van der Waals surface area contributed by atoms with Crippen LogP contribution in [0.2, 0.25) is 0 Å². The lowest BCUT2D eigenvalue weighted by molar-refractivity contribution is 0.359. The van der Waals surface area contributed by atoms with Crippen LogP contribution >= 0.6 is 11.8 Å². The van der Waals surface area contributed by atoms with E-state index in [1.165, 1.54) is 31.4 Å². The SMILES string of the molecule is c1cc(NC2=NCC3(CCCC3)CS2)c2cccnc2c1. The number of amidine groups is 1. The molecule has 1 aromatic carbocycles. The maximum Gasteiger partial charge on any atom is 0.161 e. The van der Waals surface area contributed by atoms with E-state index in [9.17, 15) is 0 Å². The molecule has 1 fully saturated rings. The van der Waals surface area contributed by atoms with Gasteiger partial charge in [0.2, 0.25) is 0 Å². The molecule has 1 saturated carbocycles. The normalized spacial score (nSPS) is 20.7. The van der Waals surface area contributed by atoms with E-state index < -0.39 is 0 Å². The summed E-state index contributed by atoms with van der Waals surface area (Å²) in [6, 6.07) is 10.3. The number of benzene rings is 1. The van der Waals surface area contributed by atoms with E-state index in [2.05, 4.69) is 22.4 Å². The highest BCUT2D eigenvalue weighted by atomic mass is 32.2. The topological polar surface area (TPSA) is 37.3 Å². The average Bonchev–Trinajstić information content (AvgIpc) is 2.99. The minimum Gasteiger partial charge on any atom is -0.334 e. The molecule has 1 aliphatic heterocycles. The van der Waals surface area contributed by atoms with Crippen molar-refractivity contribution in [1.82, 2.24) is 4.98 Å². The Morgan fingerprint density at radius 2 is 2.00 bits per heavy atom. The highest BCUT2D eigenvalue weighted by Crippen LogP contribution is 2.43. The van der Waals surface area contributed by atoms with Crippen molar-refractivity contribution < 1.29 is 0 Å². The van der Waals surface area contributed by atoms with Crippen LogP contribution in [-0.4, -0.2) is 22.4 Å². The third-order valence-electron chi connectivity index (χ3n) is 4.62. The smallest absolute Gasteiger partial charge is 0.161 e. The van der Waals surface area contributed by atoms with E-state index in [0.717, 1.165) is 28.3 Å². The summed E-state index contributed by atoms with van der Waals surface area (Å²) >= 11 is 1.88. The largest absolute Gasteiger partial charge is 0.334 e. The summed E-state index contributed by atoms with van der Waals surface area (Å²) < 4.78 is 0. The predicted molar refractivity (Wildman–Crippen MR) is 91.0 cm³/mol. The molecule has 0 saturated heterocycles. The van der Waals surface area contributed by atoms with Gasteiger partial charge in [-0.2, -0.15) is 0 Å². The Kier molecular flexibility index (Phi) is 3.34.